The van der Waals surface area contributed by atoms with Crippen molar-refractivity contribution in [1.29, 1.82) is 0 Å². The molecule has 4 fully saturated rings. The Morgan fingerprint density at radius 3 is 2.18 bits per heavy atom. The Kier molecular flexibility index (Phi) is 6.99. The number of carbonyl (C=O) groups is 3. The van der Waals surface area contributed by atoms with Gasteiger partial charge >= 0.3 is 0 Å². The largest absolute Gasteiger partial charge is 0.396 e. The summed E-state index contributed by atoms with van der Waals surface area (Å²) in [6.07, 6.45) is 11.2. The summed E-state index contributed by atoms with van der Waals surface area (Å²) in [7, 11) is 0. The molecule has 2 unspecified atom stereocenters. The monoisotopic (exact) mass is 472 g/mol. The number of aliphatic hydroxyl groups is 1. The summed E-state index contributed by atoms with van der Waals surface area (Å²) in [5, 5.41) is 9.55. The predicted molar refractivity (Wildman–Crippen MR) is 134 cm³/mol. The van der Waals surface area contributed by atoms with Crippen LogP contribution in [0.3, 0.4) is 0 Å². The van der Waals surface area contributed by atoms with Crippen molar-refractivity contribution in [3.8, 4) is 0 Å². The molecule has 0 heterocycles. The van der Waals surface area contributed by atoms with Crippen LogP contribution in [0.5, 0.6) is 0 Å². The first-order valence-electron chi connectivity index (χ1n) is 14.1. The van der Waals surface area contributed by atoms with Crippen LogP contribution in [0.15, 0.2) is 0 Å². The van der Waals surface area contributed by atoms with Gasteiger partial charge in [-0.2, -0.15) is 0 Å². The van der Waals surface area contributed by atoms with Gasteiger partial charge in [0, 0.05) is 12.5 Å². The van der Waals surface area contributed by atoms with Gasteiger partial charge in [-0.25, -0.2) is 0 Å². The zero-order valence-corrected chi connectivity index (χ0v) is 22.5. The van der Waals surface area contributed by atoms with Crippen molar-refractivity contribution in [3.63, 3.8) is 0 Å². The molecule has 0 aromatic carbocycles. The lowest BCUT2D eigenvalue weighted by Gasteiger charge is -2.61. The first-order chi connectivity index (χ1) is 16.0. The third kappa shape index (κ3) is 3.44. The number of rotatable bonds is 7. The molecule has 1 N–H and O–H groups in total. The van der Waals surface area contributed by atoms with E-state index in [0.717, 1.165) is 31.6 Å². The van der Waals surface area contributed by atoms with Crippen LogP contribution in [-0.2, 0) is 14.4 Å². The van der Waals surface area contributed by atoms with E-state index in [9.17, 15) is 19.5 Å². The summed E-state index contributed by atoms with van der Waals surface area (Å²) in [5.41, 5.74) is -1.10. The number of hydrogen-bond donors (Lipinski definition) is 1. The zero-order valence-electron chi connectivity index (χ0n) is 22.5. The molecule has 0 spiro atoms. The van der Waals surface area contributed by atoms with Crippen molar-refractivity contribution in [1.82, 2.24) is 0 Å². The van der Waals surface area contributed by atoms with Gasteiger partial charge in [-0.1, -0.05) is 33.6 Å². The highest BCUT2D eigenvalue weighted by Gasteiger charge is 2.74. The number of fused-ring (bicyclic) bond motifs is 5. The van der Waals surface area contributed by atoms with E-state index < -0.39 is 11.3 Å². The molecule has 192 valence electrons. The first-order valence-corrected chi connectivity index (χ1v) is 14.1. The number of carbonyl (C=O) groups excluding carboxylic acids is 3. The van der Waals surface area contributed by atoms with Gasteiger partial charge in [0.25, 0.3) is 0 Å². The summed E-state index contributed by atoms with van der Waals surface area (Å²) in [6.45, 7) is 11.9. The Morgan fingerprint density at radius 2 is 1.59 bits per heavy atom. The fourth-order valence-corrected chi connectivity index (χ4v) is 10.9. The van der Waals surface area contributed by atoms with E-state index in [0.29, 0.717) is 23.7 Å². The highest BCUT2D eigenvalue weighted by Crippen LogP contribution is 2.74. The second kappa shape index (κ2) is 9.12. The summed E-state index contributed by atoms with van der Waals surface area (Å²) >= 11 is 0. The van der Waals surface area contributed by atoms with Crippen molar-refractivity contribution in [2.75, 3.05) is 6.61 Å². The Hall–Kier alpha value is -1.03. The maximum absolute atomic E-state index is 13.6. The van der Waals surface area contributed by atoms with E-state index in [1.165, 1.54) is 32.1 Å². The molecule has 0 aromatic rings. The van der Waals surface area contributed by atoms with Gasteiger partial charge in [0.15, 0.2) is 0 Å². The molecule has 9 atom stereocenters. The van der Waals surface area contributed by atoms with Crippen LogP contribution in [0.25, 0.3) is 0 Å². The van der Waals surface area contributed by atoms with E-state index in [1.807, 2.05) is 0 Å². The molecule has 0 bridgehead atoms. The Bertz CT molecular complexity index is 818. The fraction of sp³-hybridized carbons (Fsp3) is 0.900. The van der Waals surface area contributed by atoms with Crippen LogP contribution in [0, 0.1) is 57.7 Å². The number of ketones is 3. The summed E-state index contributed by atoms with van der Waals surface area (Å²) < 4.78 is 0. The van der Waals surface area contributed by atoms with Crippen molar-refractivity contribution in [2.45, 2.75) is 106 Å². The second-order valence-corrected chi connectivity index (χ2v) is 13.3. The van der Waals surface area contributed by atoms with Crippen LogP contribution in [0.2, 0.25) is 0 Å². The van der Waals surface area contributed by atoms with Gasteiger partial charge in [0.1, 0.15) is 22.8 Å². The fourth-order valence-electron chi connectivity index (χ4n) is 10.9. The van der Waals surface area contributed by atoms with Gasteiger partial charge in [0.05, 0.1) is 0 Å². The van der Waals surface area contributed by atoms with E-state index in [4.69, 9.17) is 0 Å². The average Bonchev–Trinajstić information content (AvgIpc) is 3.04. The number of aliphatic hydroxyl groups excluding tert-OH is 1. The van der Waals surface area contributed by atoms with Crippen molar-refractivity contribution < 1.29 is 19.5 Å². The molecule has 4 nitrogen and oxygen atoms in total. The number of Topliss-reactive ketones (excluding diaryl/α,β-unsaturated/α-hetero) is 3. The van der Waals surface area contributed by atoms with Gasteiger partial charge in [-0.15, -0.1) is 0 Å². The standard InChI is InChI=1S/C30H48O4/c1-18(10-9-17-31)27-29(6)16-14-24-23(13-12-22-11-7-8-15-28(22,24)5)26(29)25(19(2)32)30(27,20(3)33)21(4)34/h18,22-27,31H,7-17H2,1-6H3/t18-,22?,23-,24+,25?,26-,27-,28+,29+/m1/s1. The van der Waals surface area contributed by atoms with Crippen LogP contribution in [0.1, 0.15) is 106 Å². The number of hydrogen-bond acceptors (Lipinski definition) is 4. The minimum absolute atomic E-state index is 0.0371. The Balaban J connectivity index is 1.88. The average molecular weight is 473 g/mol. The minimum atomic E-state index is -1.22. The normalized spacial score (nSPS) is 43.9. The van der Waals surface area contributed by atoms with Crippen molar-refractivity contribution in [2.24, 2.45) is 57.7 Å². The summed E-state index contributed by atoms with van der Waals surface area (Å²) in [6, 6.07) is 0. The molecule has 0 saturated heterocycles. The van der Waals surface area contributed by atoms with Gasteiger partial charge < -0.3 is 5.11 Å². The van der Waals surface area contributed by atoms with E-state index >= 15 is 0 Å². The molecule has 0 radical (unpaired) electrons. The third-order valence-electron chi connectivity index (χ3n) is 11.9. The Morgan fingerprint density at radius 1 is 0.912 bits per heavy atom. The highest BCUT2D eigenvalue weighted by molar-refractivity contribution is 6.10. The van der Waals surface area contributed by atoms with E-state index in [1.54, 1.807) is 20.8 Å². The van der Waals surface area contributed by atoms with Gasteiger partial charge in [0.2, 0.25) is 0 Å². The molecule has 0 amide bonds. The lowest BCUT2D eigenvalue weighted by Crippen LogP contribution is -2.54. The second-order valence-electron chi connectivity index (χ2n) is 13.3. The minimum Gasteiger partial charge on any atom is -0.396 e. The molecule has 0 aliphatic heterocycles. The maximum Gasteiger partial charge on any atom is 0.144 e. The summed E-state index contributed by atoms with van der Waals surface area (Å²) in [5.74, 6) is 1.17. The maximum atomic E-state index is 13.6. The lowest BCUT2D eigenvalue weighted by molar-refractivity contribution is -0.152. The van der Waals surface area contributed by atoms with Crippen molar-refractivity contribution in [3.05, 3.63) is 0 Å². The van der Waals surface area contributed by atoms with Crippen molar-refractivity contribution >= 4 is 17.3 Å². The third-order valence-corrected chi connectivity index (χ3v) is 11.9. The van der Waals surface area contributed by atoms with Crippen LogP contribution in [0.4, 0.5) is 0 Å². The van der Waals surface area contributed by atoms with Crippen LogP contribution in [-0.4, -0.2) is 29.1 Å². The van der Waals surface area contributed by atoms with Crippen LogP contribution < -0.4 is 0 Å². The SMILES string of the molecule is CC(=O)C1[C@H]2[C@@H]3CCC4CCCC[C@]4(C)[C@H]3CC[C@]2(C)[C@@H]([C@H](C)CCCO)C1(C(C)=O)C(C)=O. The molecule has 4 saturated carbocycles. The predicted octanol–water partition coefficient (Wildman–Crippen LogP) is 6.03. The molecule has 0 aromatic heterocycles. The molecule has 4 aliphatic carbocycles. The quantitative estimate of drug-likeness (QED) is 0.459. The van der Waals surface area contributed by atoms with E-state index in [-0.39, 0.29) is 47.1 Å². The van der Waals surface area contributed by atoms with Gasteiger partial charge in [-0.3, -0.25) is 14.4 Å². The summed E-state index contributed by atoms with van der Waals surface area (Å²) in [4.78, 5) is 40.8. The van der Waals surface area contributed by atoms with Gasteiger partial charge in [-0.05, 0) is 118 Å². The molecular weight excluding hydrogens is 424 g/mol. The Labute approximate surface area is 207 Å². The molecule has 4 aliphatic rings. The lowest BCUT2D eigenvalue weighted by atomic mass is 9.44. The molecule has 4 rings (SSSR count). The van der Waals surface area contributed by atoms with E-state index in [2.05, 4.69) is 20.8 Å². The molecule has 34 heavy (non-hydrogen) atoms. The molecular formula is C30H48O4. The highest BCUT2D eigenvalue weighted by atomic mass is 16.3. The molecule has 4 heteroatoms. The first kappa shape index (κ1) is 26.0. The smallest absolute Gasteiger partial charge is 0.144 e. The van der Waals surface area contributed by atoms with Crippen LogP contribution >= 0.6 is 0 Å². The zero-order chi connectivity index (χ0) is 25.1. The topological polar surface area (TPSA) is 71.4 Å².